The maximum absolute atomic E-state index is 11.8. The zero-order valence-corrected chi connectivity index (χ0v) is 11.3. The van der Waals surface area contributed by atoms with E-state index < -0.39 is 62.5 Å². The summed E-state index contributed by atoms with van der Waals surface area (Å²) >= 11 is 0. The molecule has 0 atom stereocenters. The Bertz CT molecular complexity index is 449. The molecule has 0 aliphatic rings. The van der Waals surface area contributed by atoms with Gasteiger partial charge in [0.1, 0.15) is 26.2 Å². The van der Waals surface area contributed by atoms with Crippen molar-refractivity contribution in [2.45, 2.75) is 0 Å². The highest BCUT2D eigenvalue weighted by Crippen LogP contribution is 1.94. The molecule has 1 amide bonds. The minimum atomic E-state index is -1.45. The van der Waals surface area contributed by atoms with E-state index >= 15 is 0 Å². The molecule has 0 bridgehead atoms. The number of carbonyl (C=O) groups is 5. The van der Waals surface area contributed by atoms with Crippen LogP contribution in [0.25, 0.3) is 0 Å². The number of hydrazine groups is 1. The zero-order valence-electron chi connectivity index (χ0n) is 11.3. The van der Waals surface area contributed by atoms with Gasteiger partial charge in [-0.2, -0.15) is 0 Å². The summed E-state index contributed by atoms with van der Waals surface area (Å²) in [6.07, 6.45) is 0. The van der Waals surface area contributed by atoms with E-state index in [0.717, 1.165) is 5.01 Å². The number of nitrogens with one attached hydrogen (secondary N) is 1. The second-order valence-corrected chi connectivity index (χ2v) is 4.02. The summed E-state index contributed by atoms with van der Waals surface area (Å²) in [5.41, 5.74) is 2.15. The molecule has 0 spiro atoms. The van der Waals surface area contributed by atoms with Gasteiger partial charge in [0.2, 0.25) is 5.91 Å². The van der Waals surface area contributed by atoms with E-state index in [1.165, 1.54) is 0 Å². The Hall–Kier alpha value is -2.73. The van der Waals surface area contributed by atoms with E-state index in [0.29, 0.717) is 4.90 Å². The van der Waals surface area contributed by atoms with Crippen molar-refractivity contribution in [2.75, 3.05) is 32.7 Å². The van der Waals surface area contributed by atoms with Crippen LogP contribution in [0.1, 0.15) is 0 Å². The first kappa shape index (κ1) is 19.3. The van der Waals surface area contributed by atoms with E-state index in [2.05, 4.69) is 5.43 Å². The molecule has 0 aliphatic carbocycles. The van der Waals surface area contributed by atoms with Gasteiger partial charge in [-0.15, -0.1) is 0 Å². The molecule has 0 unspecified atom stereocenters. The number of carboxylic acids is 4. The molecule has 0 aliphatic heterocycles. The molecular formula is C10H15N3O9. The fourth-order valence-electron chi connectivity index (χ4n) is 1.33. The molecule has 0 saturated carbocycles. The number of rotatable bonds is 11. The minimum absolute atomic E-state index is 0.488. The van der Waals surface area contributed by atoms with Crippen molar-refractivity contribution in [1.82, 2.24) is 15.3 Å². The quantitative estimate of drug-likeness (QED) is 0.243. The van der Waals surface area contributed by atoms with Crippen LogP contribution in [0, 0.1) is 0 Å². The highest BCUT2D eigenvalue weighted by Gasteiger charge is 2.23. The zero-order chi connectivity index (χ0) is 17.3. The Balaban J connectivity index is 4.83. The largest absolute Gasteiger partial charge is 0.480 e. The molecule has 124 valence electrons. The van der Waals surface area contributed by atoms with E-state index in [4.69, 9.17) is 20.4 Å². The van der Waals surface area contributed by atoms with Crippen molar-refractivity contribution in [3.63, 3.8) is 0 Å². The fourth-order valence-corrected chi connectivity index (χ4v) is 1.33. The predicted octanol–water partition coefficient (Wildman–Crippen LogP) is -3.04. The molecule has 0 aromatic heterocycles. The first-order valence-electron chi connectivity index (χ1n) is 5.75. The van der Waals surface area contributed by atoms with Gasteiger partial charge >= 0.3 is 23.9 Å². The first-order chi connectivity index (χ1) is 10.1. The summed E-state index contributed by atoms with van der Waals surface area (Å²) in [5.74, 6) is -6.55. The standard InChI is InChI=1S/C10H15N3O9/c14-6(12(3-8(17)18)4-9(19)20)2-13(5-10(21)22)11-1-7(15)16/h11H,1-5H2,(H,15,16)(H,17,18)(H,19,20)(H,21,22). The second-order valence-electron chi connectivity index (χ2n) is 4.02. The van der Waals surface area contributed by atoms with Crippen LogP contribution in [-0.4, -0.2) is 92.8 Å². The normalized spacial score (nSPS) is 10.2. The van der Waals surface area contributed by atoms with Gasteiger partial charge in [-0.25, -0.2) is 10.4 Å². The highest BCUT2D eigenvalue weighted by atomic mass is 16.4. The van der Waals surface area contributed by atoms with Crippen LogP contribution in [0.3, 0.4) is 0 Å². The van der Waals surface area contributed by atoms with Crippen molar-refractivity contribution in [3.8, 4) is 0 Å². The van der Waals surface area contributed by atoms with Gasteiger partial charge in [0, 0.05) is 0 Å². The highest BCUT2D eigenvalue weighted by molar-refractivity contribution is 5.86. The third-order valence-electron chi connectivity index (χ3n) is 2.11. The Morgan fingerprint density at radius 3 is 1.50 bits per heavy atom. The second kappa shape index (κ2) is 9.25. The van der Waals surface area contributed by atoms with Crippen LogP contribution >= 0.6 is 0 Å². The van der Waals surface area contributed by atoms with Gasteiger partial charge in [0.05, 0.1) is 6.54 Å². The molecule has 0 saturated heterocycles. The van der Waals surface area contributed by atoms with Crippen molar-refractivity contribution < 1.29 is 44.4 Å². The number of carbonyl (C=O) groups excluding carboxylic acids is 1. The lowest BCUT2D eigenvalue weighted by Crippen LogP contribution is -2.51. The van der Waals surface area contributed by atoms with E-state index in [1.54, 1.807) is 0 Å². The number of nitrogens with zero attached hydrogens (tertiary/aromatic N) is 2. The van der Waals surface area contributed by atoms with Crippen LogP contribution in [0.4, 0.5) is 0 Å². The number of carboxylic acid groups (broad SMARTS) is 4. The van der Waals surface area contributed by atoms with Crippen molar-refractivity contribution in [1.29, 1.82) is 0 Å². The number of amides is 1. The van der Waals surface area contributed by atoms with Crippen LogP contribution in [0.15, 0.2) is 0 Å². The maximum Gasteiger partial charge on any atom is 0.323 e. The topological polar surface area (TPSA) is 185 Å². The Labute approximate surface area is 123 Å². The fraction of sp³-hybridized carbons (Fsp3) is 0.500. The Morgan fingerprint density at radius 1 is 0.682 bits per heavy atom. The number of hydrogen-bond donors (Lipinski definition) is 5. The average Bonchev–Trinajstić information content (AvgIpc) is 2.33. The van der Waals surface area contributed by atoms with Crippen LogP contribution in [0.2, 0.25) is 0 Å². The van der Waals surface area contributed by atoms with Gasteiger partial charge in [0.25, 0.3) is 0 Å². The molecule has 0 radical (unpaired) electrons. The molecule has 0 aromatic rings. The van der Waals surface area contributed by atoms with Crippen molar-refractivity contribution >= 4 is 29.8 Å². The average molecular weight is 321 g/mol. The van der Waals surface area contributed by atoms with Crippen LogP contribution in [-0.2, 0) is 24.0 Å². The summed E-state index contributed by atoms with van der Waals surface area (Å²) in [6, 6.07) is 0. The van der Waals surface area contributed by atoms with E-state index in [9.17, 15) is 24.0 Å². The van der Waals surface area contributed by atoms with Crippen molar-refractivity contribution in [3.05, 3.63) is 0 Å². The van der Waals surface area contributed by atoms with Crippen molar-refractivity contribution in [2.24, 2.45) is 0 Å². The summed E-state index contributed by atoms with van der Waals surface area (Å²) in [5, 5.41) is 35.1. The molecule has 22 heavy (non-hydrogen) atoms. The minimum Gasteiger partial charge on any atom is -0.480 e. The van der Waals surface area contributed by atoms with E-state index in [-0.39, 0.29) is 0 Å². The van der Waals surface area contributed by atoms with Crippen LogP contribution in [0.5, 0.6) is 0 Å². The van der Waals surface area contributed by atoms with Gasteiger partial charge in [0.15, 0.2) is 0 Å². The summed E-state index contributed by atoms with van der Waals surface area (Å²) < 4.78 is 0. The molecular weight excluding hydrogens is 306 g/mol. The Morgan fingerprint density at radius 2 is 1.14 bits per heavy atom. The number of hydrogen-bond acceptors (Lipinski definition) is 7. The monoisotopic (exact) mass is 321 g/mol. The lowest BCUT2D eigenvalue weighted by molar-refractivity contribution is -0.151. The molecule has 12 nitrogen and oxygen atoms in total. The number of aliphatic carboxylic acids is 4. The summed E-state index contributed by atoms with van der Waals surface area (Å²) in [6.45, 7) is -3.89. The van der Waals surface area contributed by atoms with Gasteiger partial charge < -0.3 is 25.3 Å². The predicted molar refractivity (Wildman–Crippen MR) is 66.7 cm³/mol. The molecule has 12 heteroatoms. The van der Waals surface area contributed by atoms with Gasteiger partial charge in [-0.1, -0.05) is 0 Å². The SMILES string of the molecule is O=C(O)CNN(CC(=O)O)CC(=O)N(CC(=O)O)CC(=O)O. The first-order valence-corrected chi connectivity index (χ1v) is 5.75. The van der Waals surface area contributed by atoms with E-state index in [1.807, 2.05) is 0 Å². The molecule has 0 heterocycles. The lowest BCUT2D eigenvalue weighted by atomic mass is 10.4. The molecule has 5 N–H and O–H groups in total. The third-order valence-corrected chi connectivity index (χ3v) is 2.11. The van der Waals surface area contributed by atoms with Gasteiger partial charge in [-0.05, 0) is 0 Å². The molecule has 0 rings (SSSR count). The van der Waals surface area contributed by atoms with Crippen LogP contribution < -0.4 is 5.43 Å². The summed E-state index contributed by atoms with van der Waals surface area (Å²) in [4.78, 5) is 54.5. The lowest BCUT2D eigenvalue weighted by Gasteiger charge is -2.24. The molecule has 0 fully saturated rings. The molecule has 0 aromatic carbocycles. The summed E-state index contributed by atoms with van der Waals surface area (Å²) in [7, 11) is 0. The third kappa shape index (κ3) is 9.22. The maximum atomic E-state index is 11.8. The smallest absolute Gasteiger partial charge is 0.323 e. The van der Waals surface area contributed by atoms with Gasteiger partial charge in [-0.3, -0.25) is 24.0 Å². The Kier molecular flexibility index (Phi) is 8.10.